The van der Waals surface area contributed by atoms with Gasteiger partial charge in [0.25, 0.3) is 5.91 Å². The van der Waals surface area contributed by atoms with E-state index >= 15 is 0 Å². The van der Waals surface area contributed by atoms with Crippen molar-refractivity contribution in [2.45, 2.75) is 44.4 Å². The first kappa shape index (κ1) is 17.4. The van der Waals surface area contributed by atoms with Crippen molar-refractivity contribution in [2.24, 2.45) is 0 Å². The first-order valence-corrected chi connectivity index (χ1v) is 9.18. The summed E-state index contributed by atoms with van der Waals surface area (Å²) in [5.41, 5.74) is 0.510. The van der Waals surface area contributed by atoms with Gasteiger partial charge >= 0.3 is 0 Å². The highest BCUT2D eigenvalue weighted by Crippen LogP contribution is 2.31. The molecule has 1 fully saturated rings. The summed E-state index contributed by atoms with van der Waals surface area (Å²) >= 11 is 0. The van der Waals surface area contributed by atoms with Crippen LogP contribution >= 0.6 is 0 Å². The van der Waals surface area contributed by atoms with Crippen molar-refractivity contribution in [3.63, 3.8) is 0 Å². The molecular weight excluding hydrogens is 348 g/mol. The topological polar surface area (TPSA) is 94.5 Å². The predicted octanol–water partition coefficient (Wildman–Crippen LogP) is 1.72. The number of benzene rings is 1. The number of para-hydroxylation sites is 2. The molecule has 1 aromatic heterocycles. The number of aromatic nitrogens is 2. The molecule has 1 aromatic carbocycles. The van der Waals surface area contributed by atoms with Crippen LogP contribution in [0.1, 0.15) is 25.7 Å². The standard InChI is InChI=1S/C19H22N4O4/c24-18(21-13-5-1-2-6-13)11-23-10-14(9-20-23)22-19(25)17-12-26-15-7-3-4-8-16(15)27-17/h3-4,7-10,13,17H,1-2,5-6,11-12H2,(H,21,24)(H,22,25)/t17-/m1/s1. The number of nitrogens with one attached hydrogen (secondary N) is 2. The minimum Gasteiger partial charge on any atom is -0.485 e. The third kappa shape index (κ3) is 4.21. The van der Waals surface area contributed by atoms with Gasteiger partial charge in [0, 0.05) is 12.2 Å². The van der Waals surface area contributed by atoms with Crippen LogP contribution in [0.25, 0.3) is 0 Å². The highest BCUT2D eigenvalue weighted by Gasteiger charge is 2.27. The number of rotatable bonds is 5. The Morgan fingerprint density at radius 3 is 2.78 bits per heavy atom. The Kier molecular flexibility index (Phi) is 4.95. The largest absolute Gasteiger partial charge is 0.485 e. The third-order valence-corrected chi connectivity index (χ3v) is 4.73. The van der Waals surface area contributed by atoms with Crippen molar-refractivity contribution in [2.75, 3.05) is 11.9 Å². The fourth-order valence-electron chi connectivity index (χ4n) is 3.38. The molecule has 2 aliphatic rings. The number of hydrogen-bond donors (Lipinski definition) is 2. The molecule has 0 bridgehead atoms. The molecule has 8 heteroatoms. The number of anilines is 1. The molecule has 1 saturated carbocycles. The Morgan fingerprint density at radius 2 is 1.96 bits per heavy atom. The van der Waals surface area contributed by atoms with Gasteiger partial charge < -0.3 is 20.1 Å². The summed E-state index contributed by atoms with van der Waals surface area (Å²) in [6, 6.07) is 7.50. The highest BCUT2D eigenvalue weighted by molar-refractivity contribution is 5.94. The summed E-state index contributed by atoms with van der Waals surface area (Å²) in [4.78, 5) is 24.5. The van der Waals surface area contributed by atoms with Crippen LogP contribution in [0.15, 0.2) is 36.7 Å². The Hall–Kier alpha value is -3.03. The van der Waals surface area contributed by atoms with Gasteiger partial charge in [-0.05, 0) is 25.0 Å². The van der Waals surface area contributed by atoms with E-state index in [1.807, 2.05) is 12.1 Å². The summed E-state index contributed by atoms with van der Waals surface area (Å²) < 4.78 is 12.7. The Balaban J connectivity index is 1.30. The average molecular weight is 370 g/mol. The second kappa shape index (κ2) is 7.69. The van der Waals surface area contributed by atoms with Crippen LogP contribution in [0.5, 0.6) is 11.5 Å². The maximum atomic E-state index is 12.4. The quantitative estimate of drug-likeness (QED) is 0.836. The summed E-state index contributed by atoms with van der Waals surface area (Å²) in [6.45, 7) is 0.267. The van der Waals surface area contributed by atoms with Crippen LogP contribution in [-0.2, 0) is 16.1 Å². The Morgan fingerprint density at radius 1 is 1.19 bits per heavy atom. The Labute approximate surface area is 156 Å². The van der Waals surface area contributed by atoms with E-state index in [-0.39, 0.29) is 31.0 Å². The number of hydrogen-bond acceptors (Lipinski definition) is 5. The summed E-state index contributed by atoms with van der Waals surface area (Å²) in [7, 11) is 0. The van der Waals surface area contributed by atoms with Crippen LogP contribution in [0.3, 0.4) is 0 Å². The molecule has 2 heterocycles. The highest BCUT2D eigenvalue weighted by atomic mass is 16.6. The van der Waals surface area contributed by atoms with E-state index < -0.39 is 6.10 Å². The van der Waals surface area contributed by atoms with Crippen molar-refractivity contribution < 1.29 is 19.1 Å². The molecule has 4 rings (SSSR count). The number of amides is 2. The zero-order chi connectivity index (χ0) is 18.6. The van der Waals surface area contributed by atoms with Gasteiger partial charge in [-0.3, -0.25) is 14.3 Å². The molecule has 27 heavy (non-hydrogen) atoms. The number of carbonyl (C=O) groups excluding carboxylic acids is 2. The zero-order valence-electron chi connectivity index (χ0n) is 14.9. The molecule has 2 amide bonds. The van der Waals surface area contributed by atoms with Gasteiger partial charge in [0.05, 0.1) is 11.9 Å². The van der Waals surface area contributed by atoms with Crippen LogP contribution in [0.4, 0.5) is 5.69 Å². The van der Waals surface area contributed by atoms with E-state index in [0.717, 1.165) is 12.8 Å². The molecular formula is C19H22N4O4. The summed E-state index contributed by atoms with van der Waals surface area (Å²) in [6.07, 6.45) is 6.81. The zero-order valence-corrected chi connectivity index (χ0v) is 14.9. The van der Waals surface area contributed by atoms with Crippen molar-refractivity contribution in [3.8, 4) is 11.5 Å². The van der Waals surface area contributed by atoms with Crippen molar-refractivity contribution in [1.82, 2.24) is 15.1 Å². The Bertz CT molecular complexity index is 829. The minimum absolute atomic E-state index is 0.0662. The molecule has 1 aliphatic heterocycles. The minimum atomic E-state index is -0.742. The number of ether oxygens (including phenoxy) is 2. The van der Waals surface area contributed by atoms with Gasteiger partial charge in [0.15, 0.2) is 11.5 Å². The van der Waals surface area contributed by atoms with Crippen LogP contribution in [0, 0.1) is 0 Å². The summed E-state index contributed by atoms with van der Waals surface area (Å²) in [5.74, 6) is 0.786. The smallest absolute Gasteiger partial charge is 0.269 e. The van der Waals surface area contributed by atoms with Crippen molar-refractivity contribution in [1.29, 1.82) is 0 Å². The molecule has 2 aromatic rings. The lowest BCUT2D eigenvalue weighted by Crippen LogP contribution is -2.40. The third-order valence-electron chi connectivity index (χ3n) is 4.73. The van der Waals surface area contributed by atoms with Crippen LogP contribution in [-0.4, -0.2) is 40.3 Å². The van der Waals surface area contributed by atoms with E-state index in [9.17, 15) is 9.59 Å². The van der Waals surface area contributed by atoms with E-state index in [2.05, 4.69) is 15.7 Å². The van der Waals surface area contributed by atoms with Crippen LogP contribution < -0.4 is 20.1 Å². The van der Waals surface area contributed by atoms with Crippen molar-refractivity contribution in [3.05, 3.63) is 36.7 Å². The van der Waals surface area contributed by atoms with E-state index in [4.69, 9.17) is 9.47 Å². The maximum Gasteiger partial charge on any atom is 0.269 e. The number of nitrogens with zero attached hydrogens (tertiary/aromatic N) is 2. The molecule has 0 radical (unpaired) electrons. The lowest BCUT2D eigenvalue weighted by atomic mass is 10.2. The fourth-order valence-corrected chi connectivity index (χ4v) is 3.38. The molecule has 0 unspecified atom stereocenters. The molecule has 1 atom stereocenters. The lowest BCUT2D eigenvalue weighted by Gasteiger charge is -2.25. The maximum absolute atomic E-state index is 12.4. The molecule has 0 saturated heterocycles. The van der Waals surface area contributed by atoms with Gasteiger partial charge in [-0.15, -0.1) is 0 Å². The molecule has 8 nitrogen and oxygen atoms in total. The monoisotopic (exact) mass is 370 g/mol. The van der Waals surface area contributed by atoms with E-state index in [1.165, 1.54) is 23.7 Å². The van der Waals surface area contributed by atoms with Gasteiger partial charge in [-0.1, -0.05) is 25.0 Å². The van der Waals surface area contributed by atoms with Gasteiger partial charge in [-0.25, -0.2) is 0 Å². The van der Waals surface area contributed by atoms with Crippen molar-refractivity contribution >= 4 is 17.5 Å². The second-order valence-corrected chi connectivity index (χ2v) is 6.83. The molecule has 142 valence electrons. The summed E-state index contributed by atoms with van der Waals surface area (Å²) in [5, 5.41) is 9.90. The first-order valence-electron chi connectivity index (χ1n) is 9.18. The van der Waals surface area contributed by atoms with Gasteiger partial charge in [-0.2, -0.15) is 5.10 Å². The lowest BCUT2D eigenvalue weighted by molar-refractivity contribution is -0.125. The molecule has 1 aliphatic carbocycles. The second-order valence-electron chi connectivity index (χ2n) is 6.83. The first-order chi connectivity index (χ1) is 13.2. The molecule has 0 spiro atoms. The normalized spacial score (nSPS) is 18.9. The van der Waals surface area contributed by atoms with E-state index in [0.29, 0.717) is 17.2 Å². The SMILES string of the molecule is O=C(Cn1cc(NC(=O)[C@H]2COc3ccccc3O2)cn1)NC1CCCC1. The van der Waals surface area contributed by atoms with E-state index in [1.54, 1.807) is 18.3 Å². The van der Waals surface area contributed by atoms with Gasteiger partial charge in [0.2, 0.25) is 12.0 Å². The van der Waals surface area contributed by atoms with Gasteiger partial charge in [0.1, 0.15) is 13.2 Å². The average Bonchev–Trinajstić information content (AvgIpc) is 3.33. The predicted molar refractivity (Wildman–Crippen MR) is 97.6 cm³/mol. The fraction of sp³-hybridized carbons (Fsp3) is 0.421. The van der Waals surface area contributed by atoms with Crippen LogP contribution in [0.2, 0.25) is 0 Å². The number of fused-ring (bicyclic) bond motifs is 1. The number of carbonyl (C=O) groups is 2. The molecule has 2 N–H and O–H groups in total.